The Balaban J connectivity index is 1.34. The topological polar surface area (TPSA) is 86.0 Å². The van der Waals surface area contributed by atoms with Crippen LogP contribution in [0.4, 0.5) is 13.2 Å². The molecule has 0 spiro atoms. The van der Waals surface area contributed by atoms with Gasteiger partial charge in [0.25, 0.3) is 5.91 Å². The maximum atomic E-state index is 12.8. The van der Waals surface area contributed by atoms with E-state index < -0.39 is 11.7 Å². The summed E-state index contributed by atoms with van der Waals surface area (Å²) in [5.74, 6) is 0.0259. The molecule has 156 valence electrons. The van der Waals surface area contributed by atoms with E-state index in [0.29, 0.717) is 37.2 Å². The van der Waals surface area contributed by atoms with Crippen molar-refractivity contribution >= 4 is 5.91 Å². The average Bonchev–Trinajstić information content (AvgIpc) is 3.29. The first-order chi connectivity index (χ1) is 14.4. The number of carbonyl (C=O) groups is 1. The molecule has 1 amide bonds. The van der Waals surface area contributed by atoms with E-state index in [-0.39, 0.29) is 17.9 Å². The van der Waals surface area contributed by atoms with Crippen LogP contribution in [0.15, 0.2) is 48.9 Å². The molecule has 1 aliphatic heterocycles. The summed E-state index contributed by atoms with van der Waals surface area (Å²) in [5, 5.41) is 11.0. The lowest BCUT2D eigenvalue weighted by Crippen LogP contribution is -2.41. The molecule has 0 atom stereocenters. The zero-order chi connectivity index (χ0) is 21.1. The summed E-state index contributed by atoms with van der Waals surface area (Å²) in [6, 6.07) is 9.16. The number of nitrogens with zero attached hydrogens (tertiary/aromatic N) is 6. The number of amides is 1. The molecule has 1 saturated heterocycles. The first-order valence-corrected chi connectivity index (χ1v) is 9.23. The first kappa shape index (κ1) is 19.8. The minimum Gasteiger partial charge on any atom is -0.474 e. The number of aromatic nitrogens is 5. The van der Waals surface area contributed by atoms with E-state index in [1.54, 1.807) is 29.2 Å². The van der Waals surface area contributed by atoms with Crippen LogP contribution in [0.1, 0.15) is 28.8 Å². The predicted octanol–water partition coefficient (Wildman–Crippen LogP) is 2.76. The van der Waals surface area contributed by atoms with Gasteiger partial charge in [-0.15, -0.1) is 5.10 Å². The number of hydrogen-bond acceptors (Lipinski definition) is 6. The second-order valence-electron chi connectivity index (χ2n) is 6.80. The fourth-order valence-corrected chi connectivity index (χ4v) is 3.21. The Kier molecular flexibility index (Phi) is 5.34. The molecule has 0 aliphatic carbocycles. The van der Waals surface area contributed by atoms with E-state index >= 15 is 0 Å². The molecule has 0 radical (unpaired) electrons. The Morgan fingerprint density at radius 3 is 2.57 bits per heavy atom. The zero-order valence-electron chi connectivity index (χ0n) is 15.7. The number of hydrogen-bond donors (Lipinski definition) is 0. The van der Waals surface area contributed by atoms with Crippen LogP contribution >= 0.6 is 0 Å². The first-order valence-electron chi connectivity index (χ1n) is 9.23. The number of ether oxygens (including phenoxy) is 1. The van der Waals surface area contributed by atoms with Crippen molar-refractivity contribution in [3.63, 3.8) is 0 Å². The molecule has 2 aromatic heterocycles. The monoisotopic (exact) mass is 418 g/mol. The molecule has 3 aromatic rings. The fraction of sp³-hybridized carbons (Fsp3) is 0.316. The van der Waals surface area contributed by atoms with Crippen LogP contribution in [0.25, 0.3) is 5.69 Å². The lowest BCUT2D eigenvalue weighted by atomic mass is 10.1. The van der Waals surface area contributed by atoms with Gasteiger partial charge in [-0.3, -0.25) is 4.79 Å². The van der Waals surface area contributed by atoms with Gasteiger partial charge in [0.1, 0.15) is 12.4 Å². The number of pyridine rings is 1. The van der Waals surface area contributed by atoms with Gasteiger partial charge < -0.3 is 9.64 Å². The van der Waals surface area contributed by atoms with Gasteiger partial charge in [0.05, 0.1) is 11.3 Å². The molecule has 4 rings (SSSR count). The summed E-state index contributed by atoms with van der Waals surface area (Å²) in [6.45, 7) is 0.943. The molecule has 1 aliphatic rings. The highest BCUT2D eigenvalue weighted by Crippen LogP contribution is 2.29. The van der Waals surface area contributed by atoms with Crippen LogP contribution in [0.5, 0.6) is 5.88 Å². The van der Waals surface area contributed by atoms with Crippen molar-refractivity contribution in [3.05, 3.63) is 60.0 Å². The van der Waals surface area contributed by atoms with Crippen LogP contribution in [-0.4, -0.2) is 55.2 Å². The van der Waals surface area contributed by atoms with E-state index in [4.69, 9.17) is 4.74 Å². The molecule has 0 unspecified atom stereocenters. The number of carbonyl (C=O) groups excluding carboxylic acids is 1. The molecule has 1 aromatic carbocycles. The number of likely N-dealkylation sites (tertiary alicyclic amines) is 1. The van der Waals surface area contributed by atoms with Crippen LogP contribution in [0.2, 0.25) is 0 Å². The van der Waals surface area contributed by atoms with E-state index in [0.717, 1.165) is 12.3 Å². The van der Waals surface area contributed by atoms with Gasteiger partial charge in [-0.2, -0.15) is 13.2 Å². The fourth-order valence-electron chi connectivity index (χ4n) is 3.21. The van der Waals surface area contributed by atoms with Gasteiger partial charge >= 0.3 is 6.18 Å². The third-order valence-electron chi connectivity index (χ3n) is 4.79. The maximum absolute atomic E-state index is 12.8. The number of benzene rings is 1. The number of tetrazole rings is 1. The van der Waals surface area contributed by atoms with E-state index in [1.807, 2.05) is 0 Å². The second kappa shape index (κ2) is 8.09. The number of piperidine rings is 1. The number of rotatable bonds is 4. The Bertz CT molecular complexity index is 1000. The Labute approximate surface area is 169 Å². The summed E-state index contributed by atoms with van der Waals surface area (Å²) >= 11 is 0. The normalized spacial score (nSPS) is 15.2. The quantitative estimate of drug-likeness (QED) is 0.648. The molecule has 0 bridgehead atoms. The standard InChI is InChI=1S/C19H17F3N6O2/c20-19(21,22)14-4-5-17(23-11-14)30-16-6-8-27(9-7-16)18(29)13-2-1-3-15(10-13)28-12-24-25-26-28/h1-5,10-12,16H,6-9H2. The lowest BCUT2D eigenvalue weighted by Gasteiger charge is -2.32. The van der Waals surface area contributed by atoms with Crippen LogP contribution in [0.3, 0.4) is 0 Å². The highest BCUT2D eigenvalue weighted by molar-refractivity contribution is 5.94. The third kappa shape index (κ3) is 4.39. The van der Waals surface area contributed by atoms with Gasteiger partial charge in [0.15, 0.2) is 0 Å². The molecule has 30 heavy (non-hydrogen) atoms. The largest absolute Gasteiger partial charge is 0.474 e. The molecule has 0 N–H and O–H groups in total. The van der Waals surface area contributed by atoms with Gasteiger partial charge in [-0.1, -0.05) is 6.07 Å². The smallest absolute Gasteiger partial charge is 0.417 e. The molecule has 3 heterocycles. The molecular formula is C19H17F3N6O2. The minimum absolute atomic E-state index is 0.115. The SMILES string of the molecule is O=C(c1cccc(-n2cnnn2)c1)N1CCC(Oc2ccc(C(F)(F)F)cn2)CC1. The summed E-state index contributed by atoms with van der Waals surface area (Å²) in [6.07, 6.45) is -1.33. The zero-order valence-corrected chi connectivity index (χ0v) is 15.7. The highest BCUT2D eigenvalue weighted by atomic mass is 19.4. The second-order valence-corrected chi connectivity index (χ2v) is 6.80. The summed E-state index contributed by atoms with van der Waals surface area (Å²) in [5.41, 5.74) is 0.378. The van der Waals surface area contributed by atoms with E-state index in [1.165, 1.54) is 17.1 Å². The van der Waals surface area contributed by atoms with Gasteiger partial charge in [-0.05, 0) is 34.7 Å². The van der Waals surface area contributed by atoms with Crippen LogP contribution in [0, 0.1) is 0 Å². The molecular weight excluding hydrogens is 401 g/mol. The lowest BCUT2D eigenvalue weighted by molar-refractivity contribution is -0.137. The minimum atomic E-state index is -4.43. The highest BCUT2D eigenvalue weighted by Gasteiger charge is 2.31. The average molecular weight is 418 g/mol. The summed E-state index contributed by atoms with van der Waals surface area (Å²) < 4.78 is 45.0. The summed E-state index contributed by atoms with van der Waals surface area (Å²) in [7, 11) is 0. The molecule has 8 nitrogen and oxygen atoms in total. The van der Waals surface area contributed by atoms with Crippen molar-refractivity contribution in [2.75, 3.05) is 13.1 Å². The van der Waals surface area contributed by atoms with Gasteiger partial charge in [-0.25, -0.2) is 9.67 Å². The van der Waals surface area contributed by atoms with Gasteiger partial charge in [0.2, 0.25) is 5.88 Å². The van der Waals surface area contributed by atoms with Crippen molar-refractivity contribution < 1.29 is 22.7 Å². The van der Waals surface area contributed by atoms with Crippen LogP contribution in [-0.2, 0) is 6.18 Å². The molecule has 0 saturated carbocycles. The Morgan fingerprint density at radius 2 is 1.93 bits per heavy atom. The maximum Gasteiger partial charge on any atom is 0.417 e. The predicted molar refractivity (Wildman–Crippen MR) is 97.9 cm³/mol. The molecule has 11 heteroatoms. The summed E-state index contributed by atoms with van der Waals surface area (Å²) in [4.78, 5) is 18.3. The van der Waals surface area contributed by atoms with E-state index in [2.05, 4.69) is 20.5 Å². The molecule has 1 fully saturated rings. The van der Waals surface area contributed by atoms with E-state index in [9.17, 15) is 18.0 Å². The van der Waals surface area contributed by atoms with Gasteiger partial charge in [0, 0.05) is 43.8 Å². The van der Waals surface area contributed by atoms with Crippen molar-refractivity contribution in [2.45, 2.75) is 25.1 Å². The third-order valence-corrected chi connectivity index (χ3v) is 4.79. The van der Waals surface area contributed by atoms with Crippen molar-refractivity contribution in [1.82, 2.24) is 30.1 Å². The van der Waals surface area contributed by atoms with Crippen molar-refractivity contribution in [1.29, 1.82) is 0 Å². The van der Waals surface area contributed by atoms with Crippen molar-refractivity contribution in [3.8, 4) is 11.6 Å². The van der Waals surface area contributed by atoms with Crippen molar-refractivity contribution in [2.24, 2.45) is 0 Å². The number of alkyl halides is 3. The number of halogens is 3. The van der Waals surface area contributed by atoms with Crippen LogP contribution < -0.4 is 4.74 Å². The Morgan fingerprint density at radius 1 is 1.13 bits per heavy atom. The Hall–Kier alpha value is -3.50.